The molecular weight excluding hydrogens is 272 g/mol. The van der Waals surface area contributed by atoms with E-state index in [0.717, 1.165) is 5.02 Å². The van der Waals surface area contributed by atoms with Gasteiger partial charge in [-0.3, -0.25) is 4.90 Å². The predicted molar refractivity (Wildman–Crippen MR) is 86.3 cm³/mol. The van der Waals surface area contributed by atoms with Gasteiger partial charge in [0.1, 0.15) is 0 Å². The average molecular weight is 299 g/mol. The third-order valence-electron chi connectivity index (χ3n) is 3.49. The number of hydrogen-bond acceptors (Lipinski definition) is 3. The van der Waals surface area contributed by atoms with Crippen LogP contribution in [0.4, 0.5) is 0 Å². The SMILES string of the molecule is CC(C)NCC(C)(O)CN(C)C(C)c1ccc(Cl)cc1. The summed E-state index contributed by atoms with van der Waals surface area (Å²) < 4.78 is 0. The van der Waals surface area contributed by atoms with E-state index in [1.54, 1.807) is 0 Å². The van der Waals surface area contributed by atoms with Gasteiger partial charge in [-0.25, -0.2) is 0 Å². The lowest BCUT2D eigenvalue weighted by molar-refractivity contribution is 0.0161. The minimum atomic E-state index is -0.750. The summed E-state index contributed by atoms with van der Waals surface area (Å²) in [6.45, 7) is 9.35. The molecule has 0 aromatic heterocycles. The second kappa shape index (κ2) is 7.41. The van der Waals surface area contributed by atoms with E-state index in [-0.39, 0.29) is 6.04 Å². The minimum Gasteiger partial charge on any atom is -0.388 e. The smallest absolute Gasteiger partial charge is 0.0869 e. The lowest BCUT2D eigenvalue weighted by Gasteiger charge is -2.33. The summed E-state index contributed by atoms with van der Waals surface area (Å²) >= 11 is 5.91. The van der Waals surface area contributed by atoms with Gasteiger partial charge in [0.05, 0.1) is 5.60 Å². The topological polar surface area (TPSA) is 35.5 Å². The second-order valence-corrected chi connectivity index (χ2v) is 6.61. The summed E-state index contributed by atoms with van der Waals surface area (Å²) in [6, 6.07) is 8.48. The Balaban J connectivity index is 2.60. The molecule has 1 rings (SSSR count). The van der Waals surface area contributed by atoms with Crippen molar-refractivity contribution in [2.45, 2.75) is 45.4 Å². The van der Waals surface area contributed by atoms with Crippen LogP contribution in [-0.4, -0.2) is 41.8 Å². The minimum absolute atomic E-state index is 0.234. The van der Waals surface area contributed by atoms with E-state index < -0.39 is 5.60 Å². The van der Waals surface area contributed by atoms with Crippen LogP contribution in [-0.2, 0) is 0 Å². The Labute approximate surface area is 127 Å². The highest BCUT2D eigenvalue weighted by atomic mass is 35.5. The molecule has 1 aromatic carbocycles. The van der Waals surface area contributed by atoms with Crippen LogP contribution in [0.1, 0.15) is 39.3 Å². The van der Waals surface area contributed by atoms with Crippen LogP contribution in [0.2, 0.25) is 5.02 Å². The van der Waals surface area contributed by atoms with Crippen LogP contribution in [0.15, 0.2) is 24.3 Å². The summed E-state index contributed by atoms with van der Waals surface area (Å²) in [5.41, 5.74) is 0.448. The van der Waals surface area contributed by atoms with E-state index in [2.05, 4.69) is 31.0 Å². The Morgan fingerprint density at radius 2 is 1.80 bits per heavy atom. The fourth-order valence-electron chi connectivity index (χ4n) is 2.15. The maximum atomic E-state index is 10.4. The first kappa shape index (κ1) is 17.4. The monoisotopic (exact) mass is 298 g/mol. The van der Waals surface area contributed by atoms with Gasteiger partial charge in [0.2, 0.25) is 0 Å². The van der Waals surface area contributed by atoms with Gasteiger partial charge in [-0.05, 0) is 38.6 Å². The molecule has 20 heavy (non-hydrogen) atoms. The van der Waals surface area contributed by atoms with Crippen molar-refractivity contribution in [3.63, 3.8) is 0 Å². The normalized spacial score (nSPS) is 16.4. The molecule has 2 N–H and O–H groups in total. The zero-order valence-corrected chi connectivity index (χ0v) is 13.9. The van der Waals surface area contributed by atoms with E-state index in [1.165, 1.54) is 5.56 Å². The molecule has 3 nitrogen and oxygen atoms in total. The molecule has 0 spiro atoms. The molecule has 114 valence electrons. The fraction of sp³-hybridized carbons (Fsp3) is 0.625. The van der Waals surface area contributed by atoms with Gasteiger partial charge in [-0.15, -0.1) is 0 Å². The van der Waals surface area contributed by atoms with Crippen molar-refractivity contribution in [1.29, 1.82) is 0 Å². The number of halogens is 1. The van der Waals surface area contributed by atoms with E-state index in [4.69, 9.17) is 11.6 Å². The third-order valence-corrected chi connectivity index (χ3v) is 3.75. The lowest BCUT2D eigenvalue weighted by Crippen LogP contribution is -2.48. The fourth-order valence-corrected chi connectivity index (χ4v) is 2.28. The second-order valence-electron chi connectivity index (χ2n) is 6.18. The van der Waals surface area contributed by atoms with Crippen molar-refractivity contribution in [2.24, 2.45) is 0 Å². The van der Waals surface area contributed by atoms with Gasteiger partial charge in [0.15, 0.2) is 0 Å². The number of aliphatic hydroxyl groups is 1. The molecule has 0 fully saturated rings. The van der Waals surface area contributed by atoms with Gasteiger partial charge in [0.25, 0.3) is 0 Å². The largest absolute Gasteiger partial charge is 0.388 e. The molecule has 0 bridgehead atoms. The van der Waals surface area contributed by atoms with Gasteiger partial charge >= 0.3 is 0 Å². The van der Waals surface area contributed by atoms with Crippen molar-refractivity contribution in [2.75, 3.05) is 20.1 Å². The number of rotatable bonds is 7. The molecule has 0 aliphatic heterocycles. The molecule has 4 heteroatoms. The molecule has 0 amide bonds. The summed E-state index contributed by atoms with van der Waals surface area (Å²) in [4.78, 5) is 2.16. The Bertz CT molecular complexity index is 403. The predicted octanol–water partition coefficient (Wildman–Crippen LogP) is 3.08. The van der Waals surface area contributed by atoms with Crippen LogP contribution in [0, 0.1) is 0 Å². The zero-order valence-electron chi connectivity index (χ0n) is 13.2. The Morgan fingerprint density at radius 3 is 2.30 bits per heavy atom. The first-order valence-electron chi connectivity index (χ1n) is 7.13. The van der Waals surface area contributed by atoms with Crippen molar-refractivity contribution in [1.82, 2.24) is 10.2 Å². The van der Waals surface area contributed by atoms with Crippen LogP contribution in [0.25, 0.3) is 0 Å². The Kier molecular flexibility index (Phi) is 6.46. The maximum Gasteiger partial charge on any atom is 0.0869 e. The molecule has 0 saturated carbocycles. The first-order chi connectivity index (χ1) is 9.21. The van der Waals surface area contributed by atoms with Crippen molar-refractivity contribution < 1.29 is 5.11 Å². The average Bonchev–Trinajstić information content (AvgIpc) is 2.36. The van der Waals surface area contributed by atoms with Crippen molar-refractivity contribution in [3.8, 4) is 0 Å². The number of likely N-dealkylation sites (N-methyl/N-ethyl adjacent to an activating group) is 1. The molecule has 0 saturated heterocycles. The summed E-state index contributed by atoms with van der Waals surface area (Å²) in [6.07, 6.45) is 0. The van der Waals surface area contributed by atoms with Crippen molar-refractivity contribution in [3.05, 3.63) is 34.9 Å². The number of benzene rings is 1. The zero-order chi connectivity index (χ0) is 15.3. The number of nitrogens with zero attached hydrogens (tertiary/aromatic N) is 1. The first-order valence-corrected chi connectivity index (χ1v) is 7.50. The summed E-state index contributed by atoms with van der Waals surface area (Å²) in [7, 11) is 2.03. The van der Waals surface area contributed by atoms with Crippen LogP contribution >= 0.6 is 11.6 Å². The standard InChI is InChI=1S/C16H27ClN2O/c1-12(2)18-10-16(4,20)11-19(5)13(3)14-6-8-15(17)9-7-14/h6-9,12-13,18,20H,10-11H2,1-5H3. The summed E-state index contributed by atoms with van der Waals surface area (Å²) in [5.74, 6) is 0. The van der Waals surface area contributed by atoms with Crippen molar-refractivity contribution >= 4 is 11.6 Å². The quantitative estimate of drug-likeness (QED) is 0.812. The van der Waals surface area contributed by atoms with Gasteiger partial charge in [-0.1, -0.05) is 37.6 Å². The Morgan fingerprint density at radius 1 is 1.25 bits per heavy atom. The van der Waals surface area contributed by atoms with E-state index >= 15 is 0 Å². The van der Waals surface area contributed by atoms with Crippen LogP contribution in [0.3, 0.4) is 0 Å². The third kappa shape index (κ3) is 5.80. The lowest BCUT2D eigenvalue weighted by atomic mass is 10.0. The molecule has 2 atom stereocenters. The van der Waals surface area contributed by atoms with Gasteiger partial charge in [-0.2, -0.15) is 0 Å². The maximum absolute atomic E-state index is 10.4. The van der Waals surface area contributed by atoms with Crippen LogP contribution < -0.4 is 5.32 Å². The highest BCUT2D eigenvalue weighted by molar-refractivity contribution is 6.30. The molecule has 1 aromatic rings. The number of hydrogen-bond donors (Lipinski definition) is 2. The molecule has 0 aliphatic rings. The molecule has 0 heterocycles. The van der Waals surface area contributed by atoms with E-state index in [9.17, 15) is 5.11 Å². The molecular formula is C16H27ClN2O. The highest BCUT2D eigenvalue weighted by Gasteiger charge is 2.25. The van der Waals surface area contributed by atoms with Gasteiger partial charge < -0.3 is 10.4 Å². The highest BCUT2D eigenvalue weighted by Crippen LogP contribution is 2.22. The van der Waals surface area contributed by atoms with E-state index in [0.29, 0.717) is 19.1 Å². The Hall–Kier alpha value is -0.610. The number of nitrogens with one attached hydrogen (secondary N) is 1. The molecule has 2 unspecified atom stereocenters. The van der Waals surface area contributed by atoms with E-state index in [1.807, 2.05) is 38.2 Å². The molecule has 0 aliphatic carbocycles. The van der Waals surface area contributed by atoms with Crippen LogP contribution in [0.5, 0.6) is 0 Å². The van der Waals surface area contributed by atoms with Gasteiger partial charge in [0, 0.05) is 30.2 Å². The molecule has 0 radical (unpaired) electrons. The summed E-state index contributed by atoms with van der Waals surface area (Å²) in [5, 5.41) is 14.5.